The Hall–Kier alpha value is -0.940. The molecule has 0 amide bonds. The predicted octanol–water partition coefficient (Wildman–Crippen LogP) is 5.14. The van der Waals surface area contributed by atoms with Gasteiger partial charge >= 0.3 is 0 Å². The van der Waals surface area contributed by atoms with Gasteiger partial charge in [0, 0.05) is 16.0 Å². The van der Waals surface area contributed by atoms with E-state index in [-0.39, 0.29) is 4.99 Å². The number of rotatable bonds is 4. The maximum absolute atomic E-state index is 6.10. The average Bonchev–Trinajstić information content (AvgIpc) is 2.42. The lowest BCUT2D eigenvalue weighted by molar-refractivity contribution is 0.480. The lowest BCUT2D eigenvalue weighted by Gasteiger charge is -2.14. The first-order chi connectivity index (χ1) is 9.52. The van der Waals surface area contributed by atoms with Crippen LogP contribution in [0.5, 0.6) is 11.5 Å². The zero-order valence-corrected chi connectivity index (χ0v) is 13.7. The van der Waals surface area contributed by atoms with E-state index in [0.29, 0.717) is 27.1 Å². The van der Waals surface area contributed by atoms with Gasteiger partial charge < -0.3 is 10.5 Å². The smallest absolute Gasteiger partial charge is 0.147 e. The van der Waals surface area contributed by atoms with Crippen LogP contribution >= 0.6 is 47.2 Å². The molecule has 6 heteroatoms. The molecule has 0 saturated carbocycles. The van der Waals surface area contributed by atoms with Crippen molar-refractivity contribution in [1.82, 2.24) is 0 Å². The standard InChI is InChI=1S/C14H11Cl2NOS2/c1-20-12-4-2-3-10(13(12)14(17)19)18-11-7-8(15)5-6-9(11)16/h2-7H,1H3,(H2,17,19). The summed E-state index contributed by atoms with van der Waals surface area (Å²) >= 11 is 18.7. The minimum Gasteiger partial charge on any atom is -0.455 e. The summed E-state index contributed by atoms with van der Waals surface area (Å²) in [5, 5.41) is 1.01. The van der Waals surface area contributed by atoms with Crippen LogP contribution in [0.1, 0.15) is 5.56 Å². The highest BCUT2D eigenvalue weighted by atomic mass is 35.5. The van der Waals surface area contributed by atoms with Crippen molar-refractivity contribution >= 4 is 52.2 Å². The second kappa shape index (κ2) is 6.68. The van der Waals surface area contributed by atoms with Crippen molar-refractivity contribution in [2.45, 2.75) is 4.90 Å². The van der Waals surface area contributed by atoms with Gasteiger partial charge in [-0.1, -0.05) is 41.5 Å². The van der Waals surface area contributed by atoms with Crippen molar-refractivity contribution < 1.29 is 4.74 Å². The molecule has 2 rings (SSSR count). The van der Waals surface area contributed by atoms with Gasteiger partial charge in [0.25, 0.3) is 0 Å². The summed E-state index contributed by atoms with van der Waals surface area (Å²) in [4.78, 5) is 1.23. The number of ether oxygens (including phenoxy) is 1. The number of benzene rings is 2. The zero-order chi connectivity index (χ0) is 14.7. The molecule has 104 valence electrons. The lowest BCUT2D eigenvalue weighted by Crippen LogP contribution is -2.12. The van der Waals surface area contributed by atoms with E-state index in [4.69, 9.17) is 45.9 Å². The first-order valence-corrected chi connectivity index (χ1v) is 8.01. The predicted molar refractivity (Wildman–Crippen MR) is 90.6 cm³/mol. The Morgan fingerprint density at radius 1 is 1.20 bits per heavy atom. The van der Waals surface area contributed by atoms with Crippen molar-refractivity contribution in [3.8, 4) is 11.5 Å². The second-order valence-electron chi connectivity index (χ2n) is 3.87. The van der Waals surface area contributed by atoms with Crippen LogP contribution in [-0.4, -0.2) is 11.2 Å². The van der Waals surface area contributed by atoms with Crippen molar-refractivity contribution in [3.05, 3.63) is 52.0 Å². The van der Waals surface area contributed by atoms with Gasteiger partial charge in [0.2, 0.25) is 0 Å². The van der Waals surface area contributed by atoms with Crippen molar-refractivity contribution in [2.24, 2.45) is 5.73 Å². The van der Waals surface area contributed by atoms with Crippen LogP contribution in [0.25, 0.3) is 0 Å². The van der Waals surface area contributed by atoms with E-state index >= 15 is 0 Å². The number of thioether (sulfide) groups is 1. The Kier molecular flexibility index (Phi) is 5.16. The van der Waals surface area contributed by atoms with E-state index in [0.717, 1.165) is 4.90 Å². The third kappa shape index (κ3) is 3.38. The zero-order valence-electron chi connectivity index (χ0n) is 10.5. The van der Waals surface area contributed by atoms with E-state index in [1.165, 1.54) is 0 Å². The molecule has 0 atom stereocenters. The molecular weight excluding hydrogens is 333 g/mol. The van der Waals surface area contributed by atoms with Crippen molar-refractivity contribution in [3.63, 3.8) is 0 Å². The van der Waals surface area contributed by atoms with Gasteiger partial charge in [0.15, 0.2) is 0 Å². The SMILES string of the molecule is CSc1cccc(Oc2cc(Cl)ccc2Cl)c1C(N)=S. The molecule has 0 aliphatic rings. The largest absolute Gasteiger partial charge is 0.455 e. The summed E-state index contributed by atoms with van der Waals surface area (Å²) in [5.74, 6) is 1.03. The summed E-state index contributed by atoms with van der Waals surface area (Å²) in [6.45, 7) is 0. The van der Waals surface area contributed by atoms with Crippen LogP contribution in [0.2, 0.25) is 10.0 Å². The third-order valence-electron chi connectivity index (χ3n) is 2.57. The number of thiocarbonyl (C=S) groups is 1. The summed E-state index contributed by atoms with van der Waals surface area (Å²) in [6, 6.07) is 10.6. The van der Waals surface area contributed by atoms with Gasteiger partial charge in [-0.3, -0.25) is 0 Å². The molecule has 0 radical (unpaired) electrons. The molecule has 0 unspecified atom stereocenters. The number of hydrogen-bond acceptors (Lipinski definition) is 3. The van der Waals surface area contributed by atoms with E-state index in [9.17, 15) is 0 Å². The van der Waals surface area contributed by atoms with Gasteiger partial charge in [-0.05, 0) is 30.5 Å². The third-order valence-corrected chi connectivity index (χ3v) is 4.10. The highest BCUT2D eigenvalue weighted by Crippen LogP contribution is 2.36. The normalized spacial score (nSPS) is 10.3. The molecule has 0 saturated heterocycles. The van der Waals surface area contributed by atoms with Crippen LogP contribution in [0, 0.1) is 0 Å². The minimum absolute atomic E-state index is 0.281. The molecule has 20 heavy (non-hydrogen) atoms. The van der Waals surface area contributed by atoms with E-state index in [1.54, 1.807) is 36.0 Å². The monoisotopic (exact) mass is 343 g/mol. The van der Waals surface area contributed by atoms with Gasteiger partial charge in [-0.2, -0.15) is 0 Å². The first kappa shape index (κ1) is 15.4. The Labute approximate surface area is 137 Å². The lowest BCUT2D eigenvalue weighted by atomic mass is 10.2. The van der Waals surface area contributed by atoms with Gasteiger partial charge in [0.05, 0.1) is 10.6 Å². The Morgan fingerprint density at radius 2 is 1.95 bits per heavy atom. The van der Waals surface area contributed by atoms with Gasteiger partial charge in [-0.25, -0.2) is 0 Å². The molecule has 0 bridgehead atoms. The molecule has 0 heterocycles. The van der Waals surface area contributed by atoms with Crippen LogP contribution < -0.4 is 10.5 Å². The summed E-state index contributed by atoms with van der Waals surface area (Å²) < 4.78 is 5.83. The minimum atomic E-state index is 0.281. The van der Waals surface area contributed by atoms with E-state index in [1.807, 2.05) is 18.4 Å². The summed E-state index contributed by atoms with van der Waals surface area (Å²) in [7, 11) is 0. The molecule has 2 nitrogen and oxygen atoms in total. The van der Waals surface area contributed by atoms with Crippen LogP contribution in [0.3, 0.4) is 0 Å². The van der Waals surface area contributed by atoms with E-state index < -0.39 is 0 Å². The molecule has 0 fully saturated rings. The quantitative estimate of drug-likeness (QED) is 0.615. The second-order valence-corrected chi connectivity index (χ2v) is 6.01. The molecule has 2 aromatic carbocycles. The van der Waals surface area contributed by atoms with Crippen LogP contribution in [-0.2, 0) is 0 Å². The number of nitrogens with two attached hydrogens (primary N) is 1. The Balaban J connectivity index is 2.48. The molecule has 0 aromatic heterocycles. The summed E-state index contributed by atoms with van der Waals surface area (Å²) in [6.07, 6.45) is 1.95. The number of halogens is 2. The molecule has 2 aromatic rings. The topological polar surface area (TPSA) is 35.2 Å². The van der Waals surface area contributed by atoms with Crippen molar-refractivity contribution in [2.75, 3.05) is 6.26 Å². The van der Waals surface area contributed by atoms with E-state index in [2.05, 4.69) is 0 Å². The molecular formula is C14H11Cl2NOS2. The van der Waals surface area contributed by atoms with Gasteiger partial charge in [0.1, 0.15) is 16.5 Å². The van der Waals surface area contributed by atoms with Crippen LogP contribution in [0.15, 0.2) is 41.3 Å². The Bertz CT molecular complexity index is 662. The average molecular weight is 344 g/mol. The molecule has 2 N–H and O–H groups in total. The molecule has 0 aliphatic carbocycles. The summed E-state index contributed by atoms with van der Waals surface area (Å²) in [5.41, 5.74) is 6.49. The fraction of sp³-hybridized carbons (Fsp3) is 0.0714. The molecule has 0 spiro atoms. The fourth-order valence-electron chi connectivity index (χ4n) is 1.68. The van der Waals surface area contributed by atoms with Crippen molar-refractivity contribution in [1.29, 1.82) is 0 Å². The maximum Gasteiger partial charge on any atom is 0.147 e. The fourth-order valence-corrected chi connectivity index (χ4v) is 2.91. The van der Waals surface area contributed by atoms with Gasteiger partial charge in [-0.15, -0.1) is 11.8 Å². The highest BCUT2D eigenvalue weighted by Gasteiger charge is 2.14. The maximum atomic E-state index is 6.10. The molecule has 0 aliphatic heterocycles. The highest BCUT2D eigenvalue weighted by molar-refractivity contribution is 7.98. The number of hydrogen-bond donors (Lipinski definition) is 1. The Morgan fingerprint density at radius 3 is 2.60 bits per heavy atom. The van der Waals surface area contributed by atoms with Crippen LogP contribution in [0.4, 0.5) is 0 Å². The first-order valence-electron chi connectivity index (χ1n) is 5.62.